The molecule has 1 aromatic carbocycles. The summed E-state index contributed by atoms with van der Waals surface area (Å²) >= 11 is 0. The van der Waals surface area contributed by atoms with Gasteiger partial charge in [0.05, 0.1) is 0 Å². The number of carbonyl (C=O) groups excluding carboxylic acids is 1. The molecule has 0 fully saturated rings. The largest absolute Gasteiger partial charge is 0.490 e. The number of esters is 1. The van der Waals surface area contributed by atoms with E-state index in [-0.39, 0.29) is 18.8 Å². The van der Waals surface area contributed by atoms with E-state index in [1.165, 1.54) is 0 Å². The van der Waals surface area contributed by atoms with Gasteiger partial charge in [-0.1, -0.05) is 26.0 Å². The highest BCUT2D eigenvalue weighted by Gasteiger charge is 2.14. The zero-order valence-electron chi connectivity index (χ0n) is 18.0. The first-order valence-electron chi connectivity index (χ1n) is 9.97. The molecule has 2 aromatic rings. The van der Waals surface area contributed by atoms with Gasteiger partial charge in [0.1, 0.15) is 30.6 Å². The van der Waals surface area contributed by atoms with Crippen LogP contribution in [-0.2, 0) is 16.1 Å². The summed E-state index contributed by atoms with van der Waals surface area (Å²) in [6.45, 7) is 11.7. The predicted octanol–water partition coefficient (Wildman–Crippen LogP) is 4.99. The van der Waals surface area contributed by atoms with E-state index in [4.69, 9.17) is 9.47 Å². The molecule has 5 heteroatoms. The van der Waals surface area contributed by atoms with E-state index >= 15 is 0 Å². The van der Waals surface area contributed by atoms with Gasteiger partial charge in [-0.15, -0.1) is 0 Å². The molecule has 5 nitrogen and oxygen atoms in total. The van der Waals surface area contributed by atoms with Crippen LogP contribution < -0.4 is 4.74 Å². The number of aromatic nitrogens is 1. The van der Waals surface area contributed by atoms with Gasteiger partial charge >= 0.3 is 5.97 Å². The summed E-state index contributed by atoms with van der Waals surface area (Å²) in [4.78, 5) is 12.3. The molecule has 0 aliphatic carbocycles. The smallest absolute Gasteiger partial charge is 0.349 e. The molecular weight excluding hydrogens is 364 g/mol. The molecule has 0 amide bonds. The molecule has 0 saturated carbocycles. The molecule has 0 aliphatic heterocycles. The van der Waals surface area contributed by atoms with Gasteiger partial charge in [0.25, 0.3) is 0 Å². The van der Waals surface area contributed by atoms with E-state index in [1.54, 1.807) is 6.08 Å². The summed E-state index contributed by atoms with van der Waals surface area (Å²) < 4.78 is 13.0. The highest BCUT2D eigenvalue weighted by Crippen LogP contribution is 2.20. The molecule has 0 unspecified atom stereocenters. The average Bonchev–Trinajstić information content (AvgIpc) is 2.94. The number of ether oxygens (including phenoxy) is 2. The fourth-order valence-corrected chi connectivity index (χ4v) is 3.07. The summed E-state index contributed by atoms with van der Waals surface area (Å²) in [5, 5.41) is 9.41. The highest BCUT2D eigenvalue weighted by molar-refractivity contribution is 5.98. The molecule has 2 rings (SSSR count). The van der Waals surface area contributed by atoms with Crippen LogP contribution in [-0.4, -0.2) is 23.8 Å². The lowest BCUT2D eigenvalue weighted by Crippen LogP contribution is -2.13. The lowest BCUT2D eigenvalue weighted by molar-refractivity contribution is -0.139. The van der Waals surface area contributed by atoms with Gasteiger partial charge in [0.2, 0.25) is 0 Å². The van der Waals surface area contributed by atoms with Crippen LogP contribution in [0.5, 0.6) is 5.75 Å². The fraction of sp³-hybridized carbons (Fsp3) is 0.417. The molecule has 0 bridgehead atoms. The SMILES string of the molecule is Cc1cccc(OCCOC(=O)/C(C#N)=C/c2cc(C)n(CCC(C)C)c2C)c1. The Morgan fingerprint density at radius 2 is 1.97 bits per heavy atom. The molecule has 0 N–H and O–H groups in total. The Bertz CT molecular complexity index is 917. The van der Waals surface area contributed by atoms with E-state index in [0.717, 1.165) is 41.2 Å². The molecule has 29 heavy (non-hydrogen) atoms. The number of hydrogen-bond donors (Lipinski definition) is 0. The third-order valence-electron chi connectivity index (χ3n) is 4.76. The molecule has 1 heterocycles. The zero-order valence-corrected chi connectivity index (χ0v) is 18.0. The third-order valence-corrected chi connectivity index (χ3v) is 4.76. The molecule has 0 atom stereocenters. The average molecular weight is 395 g/mol. The number of nitriles is 1. The maximum absolute atomic E-state index is 12.3. The van der Waals surface area contributed by atoms with Gasteiger partial charge in [-0.2, -0.15) is 5.26 Å². The summed E-state index contributed by atoms with van der Waals surface area (Å²) in [6, 6.07) is 11.6. The second-order valence-corrected chi connectivity index (χ2v) is 7.63. The highest BCUT2D eigenvalue weighted by atomic mass is 16.6. The predicted molar refractivity (Wildman–Crippen MR) is 115 cm³/mol. The van der Waals surface area contributed by atoms with E-state index in [1.807, 2.05) is 57.2 Å². The van der Waals surface area contributed by atoms with Gasteiger partial charge in [-0.05, 0) is 68.5 Å². The van der Waals surface area contributed by atoms with Crippen LogP contribution in [0.25, 0.3) is 6.08 Å². The molecule has 154 valence electrons. The Morgan fingerprint density at radius 3 is 2.62 bits per heavy atom. The lowest BCUT2D eigenvalue weighted by Gasteiger charge is -2.11. The zero-order chi connectivity index (χ0) is 21.4. The molecule has 0 saturated heterocycles. The molecular formula is C24H30N2O3. The minimum Gasteiger partial charge on any atom is -0.490 e. The van der Waals surface area contributed by atoms with Crippen LogP contribution in [0, 0.1) is 38.0 Å². The van der Waals surface area contributed by atoms with Crippen molar-refractivity contribution in [2.45, 2.75) is 47.6 Å². The second-order valence-electron chi connectivity index (χ2n) is 7.63. The monoisotopic (exact) mass is 394 g/mol. The lowest BCUT2D eigenvalue weighted by atomic mass is 10.1. The van der Waals surface area contributed by atoms with E-state index in [9.17, 15) is 10.1 Å². The Balaban J connectivity index is 1.97. The van der Waals surface area contributed by atoms with Crippen LogP contribution in [0.3, 0.4) is 0 Å². The topological polar surface area (TPSA) is 64.2 Å². The van der Waals surface area contributed by atoms with Crippen molar-refractivity contribution in [1.29, 1.82) is 5.26 Å². The van der Waals surface area contributed by atoms with Crippen LogP contribution in [0.15, 0.2) is 35.9 Å². The Morgan fingerprint density at radius 1 is 1.21 bits per heavy atom. The van der Waals surface area contributed by atoms with Gasteiger partial charge in [0, 0.05) is 17.9 Å². The number of rotatable bonds is 9. The number of aryl methyl sites for hydroxylation is 2. The summed E-state index contributed by atoms with van der Waals surface area (Å²) in [5.74, 6) is 0.708. The van der Waals surface area contributed by atoms with Crippen molar-refractivity contribution >= 4 is 12.0 Å². The number of nitrogens with zero attached hydrogens (tertiary/aromatic N) is 2. The second kappa shape index (κ2) is 10.5. The van der Waals surface area contributed by atoms with Crippen LogP contribution in [0.2, 0.25) is 0 Å². The van der Waals surface area contributed by atoms with Crippen molar-refractivity contribution in [2.24, 2.45) is 5.92 Å². The van der Waals surface area contributed by atoms with Crippen LogP contribution in [0.1, 0.15) is 42.8 Å². The van der Waals surface area contributed by atoms with E-state index in [0.29, 0.717) is 5.92 Å². The van der Waals surface area contributed by atoms with Crippen molar-refractivity contribution < 1.29 is 14.3 Å². The van der Waals surface area contributed by atoms with Crippen molar-refractivity contribution in [1.82, 2.24) is 4.57 Å². The van der Waals surface area contributed by atoms with E-state index in [2.05, 4.69) is 18.4 Å². The first-order chi connectivity index (χ1) is 13.8. The standard InChI is InChI=1S/C24H30N2O3/c1-17(2)9-10-26-19(4)14-21(20(26)5)15-22(16-25)24(27)29-12-11-28-23-8-6-7-18(3)13-23/h6-8,13-15,17H,9-12H2,1-5H3/b22-15+. The van der Waals surface area contributed by atoms with Gasteiger partial charge in [0.15, 0.2) is 0 Å². The van der Waals surface area contributed by atoms with Crippen molar-refractivity contribution in [3.8, 4) is 11.8 Å². The molecule has 0 spiro atoms. The van der Waals surface area contributed by atoms with Gasteiger partial charge in [-0.25, -0.2) is 4.79 Å². The molecule has 0 aliphatic rings. The summed E-state index contributed by atoms with van der Waals surface area (Å²) in [5.41, 5.74) is 4.12. The van der Waals surface area contributed by atoms with E-state index < -0.39 is 5.97 Å². The van der Waals surface area contributed by atoms with Gasteiger partial charge in [-0.3, -0.25) is 0 Å². The Kier molecular flexibility index (Phi) is 8.09. The quantitative estimate of drug-likeness (QED) is 0.260. The fourth-order valence-electron chi connectivity index (χ4n) is 3.07. The molecule has 1 aromatic heterocycles. The maximum atomic E-state index is 12.3. The summed E-state index contributed by atoms with van der Waals surface area (Å²) in [7, 11) is 0. The van der Waals surface area contributed by atoms with Gasteiger partial charge < -0.3 is 14.0 Å². The number of hydrogen-bond acceptors (Lipinski definition) is 4. The van der Waals surface area contributed by atoms with Crippen molar-refractivity contribution in [3.63, 3.8) is 0 Å². The third kappa shape index (κ3) is 6.53. The van der Waals surface area contributed by atoms with Crippen LogP contribution in [0.4, 0.5) is 0 Å². The Labute approximate surface area is 173 Å². The number of carbonyl (C=O) groups is 1. The van der Waals surface area contributed by atoms with Crippen molar-refractivity contribution in [3.05, 3.63) is 58.4 Å². The first kappa shape index (κ1) is 22.3. The molecule has 0 radical (unpaired) electrons. The summed E-state index contributed by atoms with van der Waals surface area (Å²) in [6.07, 6.45) is 2.69. The normalized spacial score (nSPS) is 11.4. The minimum absolute atomic E-state index is 0.00957. The maximum Gasteiger partial charge on any atom is 0.349 e. The Hall–Kier alpha value is -3.00. The van der Waals surface area contributed by atoms with Crippen molar-refractivity contribution in [2.75, 3.05) is 13.2 Å². The van der Waals surface area contributed by atoms with Crippen LogP contribution >= 0.6 is 0 Å². The minimum atomic E-state index is -0.632. The first-order valence-corrected chi connectivity index (χ1v) is 9.97. The number of benzene rings is 1.